The largest absolute Gasteiger partial charge is 0.311 e. The van der Waals surface area contributed by atoms with E-state index in [1.165, 1.54) is 0 Å². The third-order valence-electron chi connectivity index (χ3n) is 4.71. The number of halogens is 1. The summed E-state index contributed by atoms with van der Waals surface area (Å²) in [4.78, 5) is 25.6. The molecular formula is C19H14BrNO2. The molecule has 0 saturated carbocycles. The van der Waals surface area contributed by atoms with Crippen LogP contribution in [0.2, 0.25) is 0 Å². The maximum atomic E-state index is 13.2. The summed E-state index contributed by atoms with van der Waals surface area (Å²) < 4.78 is 2.36. The van der Waals surface area contributed by atoms with Crippen molar-refractivity contribution in [3.63, 3.8) is 0 Å². The number of rotatable bonds is 0. The zero-order valence-corrected chi connectivity index (χ0v) is 14.6. The van der Waals surface area contributed by atoms with E-state index in [-0.39, 0.29) is 11.3 Å². The number of benzene rings is 2. The molecule has 114 valence electrons. The van der Waals surface area contributed by atoms with Gasteiger partial charge in [-0.15, -0.1) is 0 Å². The zero-order chi connectivity index (χ0) is 16.5. The minimum Gasteiger partial charge on any atom is -0.311 e. The summed E-state index contributed by atoms with van der Waals surface area (Å²) in [5, 5.41) is 0.854. The van der Waals surface area contributed by atoms with Gasteiger partial charge in [0.2, 0.25) is 0 Å². The molecule has 0 unspecified atom stereocenters. The van der Waals surface area contributed by atoms with Crippen molar-refractivity contribution in [1.29, 1.82) is 0 Å². The first kappa shape index (κ1) is 14.4. The van der Waals surface area contributed by atoms with Crippen molar-refractivity contribution in [3.05, 3.63) is 67.4 Å². The van der Waals surface area contributed by atoms with Crippen LogP contribution < -0.4 is 5.56 Å². The lowest BCUT2D eigenvalue weighted by atomic mass is 9.80. The molecule has 0 saturated heterocycles. The number of fused-ring (bicyclic) bond motifs is 2. The fraction of sp³-hybridized carbons (Fsp3) is 0.158. The van der Waals surface area contributed by atoms with Crippen molar-refractivity contribution < 1.29 is 4.79 Å². The van der Waals surface area contributed by atoms with Crippen LogP contribution in [0.15, 0.2) is 39.6 Å². The fourth-order valence-corrected chi connectivity index (χ4v) is 4.03. The number of carbonyl (C=O) groups excluding carboxylic acids is 1. The number of aryl methyl sites for hydroxylation is 3. The Labute approximate surface area is 141 Å². The molecule has 4 heteroatoms. The van der Waals surface area contributed by atoms with E-state index in [9.17, 15) is 9.59 Å². The lowest BCUT2D eigenvalue weighted by Gasteiger charge is -2.24. The first-order valence-corrected chi connectivity index (χ1v) is 8.18. The second-order valence-electron chi connectivity index (χ2n) is 6.05. The van der Waals surface area contributed by atoms with E-state index < -0.39 is 0 Å². The number of carbonyl (C=O) groups is 1. The maximum Gasteiger partial charge on any atom is 0.251 e. The molecule has 0 spiro atoms. The van der Waals surface area contributed by atoms with Crippen LogP contribution in [0.4, 0.5) is 0 Å². The molecule has 3 aromatic rings. The maximum absolute atomic E-state index is 13.2. The second-order valence-corrected chi connectivity index (χ2v) is 6.90. The van der Waals surface area contributed by atoms with Crippen LogP contribution in [0.5, 0.6) is 0 Å². The number of hydrogen-bond donors (Lipinski definition) is 0. The Bertz CT molecular complexity index is 1090. The molecule has 0 bridgehead atoms. The molecule has 4 rings (SSSR count). The standard InChI is InChI=1S/C19H14BrNO2/c1-9-4-5-10(2)16-15(9)11-8-14(22)21(3)13-7-6-12(20)18(17(11)13)19(16)23/h4-8H,1-3H3. The van der Waals surface area contributed by atoms with Gasteiger partial charge in [-0.1, -0.05) is 28.1 Å². The quantitative estimate of drug-likeness (QED) is 0.468. The van der Waals surface area contributed by atoms with Crippen molar-refractivity contribution in [2.24, 2.45) is 7.05 Å². The van der Waals surface area contributed by atoms with Crippen LogP contribution in [0.25, 0.3) is 22.0 Å². The van der Waals surface area contributed by atoms with E-state index in [0.717, 1.165) is 37.6 Å². The Morgan fingerprint density at radius 1 is 0.913 bits per heavy atom. The van der Waals surface area contributed by atoms with Gasteiger partial charge in [0.15, 0.2) is 5.78 Å². The topological polar surface area (TPSA) is 39.1 Å². The molecule has 0 fully saturated rings. The molecule has 1 aliphatic carbocycles. The van der Waals surface area contributed by atoms with Gasteiger partial charge in [0, 0.05) is 34.1 Å². The smallest absolute Gasteiger partial charge is 0.251 e. The van der Waals surface area contributed by atoms with Crippen molar-refractivity contribution in [2.45, 2.75) is 13.8 Å². The van der Waals surface area contributed by atoms with E-state index >= 15 is 0 Å². The molecule has 0 aliphatic heterocycles. The van der Waals surface area contributed by atoms with E-state index in [2.05, 4.69) is 15.9 Å². The Morgan fingerprint density at radius 2 is 1.57 bits per heavy atom. The molecule has 0 atom stereocenters. The Kier molecular flexibility index (Phi) is 2.91. The number of hydrogen-bond acceptors (Lipinski definition) is 2. The van der Waals surface area contributed by atoms with Crippen molar-refractivity contribution in [1.82, 2.24) is 4.57 Å². The molecule has 1 heterocycles. The summed E-state index contributed by atoms with van der Waals surface area (Å²) in [7, 11) is 1.74. The molecule has 0 N–H and O–H groups in total. The summed E-state index contributed by atoms with van der Waals surface area (Å²) >= 11 is 3.52. The predicted octanol–water partition coefficient (Wildman–Crippen LogP) is 4.13. The van der Waals surface area contributed by atoms with E-state index in [4.69, 9.17) is 0 Å². The minimum atomic E-state index is -0.0676. The Morgan fingerprint density at radius 3 is 2.26 bits per heavy atom. The number of pyridine rings is 1. The molecule has 0 amide bonds. The molecule has 3 nitrogen and oxygen atoms in total. The van der Waals surface area contributed by atoms with Crippen molar-refractivity contribution in [3.8, 4) is 11.1 Å². The van der Waals surface area contributed by atoms with Gasteiger partial charge in [-0.3, -0.25) is 9.59 Å². The molecule has 23 heavy (non-hydrogen) atoms. The van der Waals surface area contributed by atoms with Crippen LogP contribution in [0.3, 0.4) is 0 Å². The highest BCUT2D eigenvalue weighted by Gasteiger charge is 2.30. The lowest BCUT2D eigenvalue weighted by molar-refractivity contribution is 0.103. The third-order valence-corrected chi connectivity index (χ3v) is 5.37. The highest BCUT2D eigenvalue weighted by molar-refractivity contribution is 9.10. The summed E-state index contributed by atoms with van der Waals surface area (Å²) in [5.74, 6) is 0.0184. The number of ketones is 1. The zero-order valence-electron chi connectivity index (χ0n) is 13.0. The van der Waals surface area contributed by atoms with Gasteiger partial charge in [-0.25, -0.2) is 0 Å². The SMILES string of the molecule is Cc1ccc(C)c2c1C(=O)c1c(Br)ccc3c1c-2cc(=O)n3C. The number of aromatic nitrogens is 1. The normalized spacial score (nSPS) is 12.6. The minimum absolute atomic E-state index is 0.0184. The highest BCUT2D eigenvalue weighted by atomic mass is 79.9. The average molecular weight is 368 g/mol. The monoisotopic (exact) mass is 367 g/mol. The van der Waals surface area contributed by atoms with E-state index in [1.807, 2.05) is 38.1 Å². The lowest BCUT2D eigenvalue weighted by Crippen LogP contribution is -2.21. The Balaban J connectivity index is 2.37. The summed E-state index contributed by atoms with van der Waals surface area (Å²) in [6.45, 7) is 3.92. The molecule has 0 radical (unpaired) electrons. The highest BCUT2D eigenvalue weighted by Crippen LogP contribution is 2.43. The molecule has 1 aromatic heterocycles. The van der Waals surface area contributed by atoms with Gasteiger partial charge in [-0.05, 0) is 48.2 Å². The summed E-state index contributed by atoms with van der Waals surface area (Å²) in [6, 6.07) is 9.35. The van der Waals surface area contributed by atoms with Gasteiger partial charge in [-0.2, -0.15) is 0 Å². The first-order valence-electron chi connectivity index (χ1n) is 7.39. The summed E-state index contributed by atoms with van der Waals surface area (Å²) in [6.07, 6.45) is 0. The molecule has 1 aliphatic rings. The van der Waals surface area contributed by atoms with Gasteiger partial charge < -0.3 is 4.57 Å². The van der Waals surface area contributed by atoms with Gasteiger partial charge in [0.25, 0.3) is 5.56 Å². The van der Waals surface area contributed by atoms with Crippen LogP contribution in [0.1, 0.15) is 27.0 Å². The summed E-state index contributed by atoms with van der Waals surface area (Å²) in [5.41, 5.74) is 5.77. The van der Waals surface area contributed by atoms with Crippen molar-refractivity contribution in [2.75, 3.05) is 0 Å². The van der Waals surface area contributed by atoms with Crippen LogP contribution >= 0.6 is 15.9 Å². The predicted molar refractivity (Wildman–Crippen MR) is 95.2 cm³/mol. The number of nitrogens with zero attached hydrogens (tertiary/aromatic N) is 1. The van der Waals surface area contributed by atoms with Crippen molar-refractivity contribution >= 4 is 32.6 Å². The second kappa shape index (κ2) is 4.65. The van der Waals surface area contributed by atoms with Gasteiger partial charge in [0.1, 0.15) is 0 Å². The van der Waals surface area contributed by atoms with Crippen LogP contribution in [0, 0.1) is 13.8 Å². The van der Waals surface area contributed by atoms with Gasteiger partial charge >= 0.3 is 0 Å². The third kappa shape index (κ3) is 1.75. The molecule has 2 aromatic carbocycles. The van der Waals surface area contributed by atoms with E-state index in [0.29, 0.717) is 11.1 Å². The van der Waals surface area contributed by atoms with E-state index in [1.54, 1.807) is 17.7 Å². The fourth-order valence-electron chi connectivity index (χ4n) is 3.52. The molecular weight excluding hydrogens is 354 g/mol. The van der Waals surface area contributed by atoms with Gasteiger partial charge in [0.05, 0.1) is 5.52 Å². The van der Waals surface area contributed by atoms with Crippen LogP contribution in [-0.2, 0) is 7.05 Å². The first-order chi connectivity index (χ1) is 10.9. The van der Waals surface area contributed by atoms with Crippen LogP contribution in [-0.4, -0.2) is 10.4 Å². The Hall–Kier alpha value is -2.20. The average Bonchev–Trinajstić information content (AvgIpc) is 2.51.